The number of fused-ring (bicyclic) bond motifs is 1. The number of likely N-dealkylation sites (N-methyl/N-ethyl adjacent to an activating group) is 1. The Morgan fingerprint density at radius 3 is 2.81 bits per heavy atom. The summed E-state index contributed by atoms with van der Waals surface area (Å²) in [6.45, 7) is 3.82. The molecule has 0 bridgehead atoms. The molecule has 0 aromatic heterocycles. The van der Waals surface area contributed by atoms with Crippen molar-refractivity contribution in [1.29, 1.82) is 5.26 Å². The van der Waals surface area contributed by atoms with E-state index >= 15 is 0 Å². The number of anilines is 1. The summed E-state index contributed by atoms with van der Waals surface area (Å²) in [5.41, 5.74) is 1.99. The second-order valence-electron chi connectivity index (χ2n) is 5.85. The third-order valence-corrected chi connectivity index (χ3v) is 4.34. The molecule has 0 radical (unpaired) electrons. The summed E-state index contributed by atoms with van der Waals surface area (Å²) in [7, 11) is 0. The van der Waals surface area contributed by atoms with E-state index in [1.54, 1.807) is 18.2 Å². The van der Waals surface area contributed by atoms with E-state index in [2.05, 4.69) is 5.32 Å². The van der Waals surface area contributed by atoms with E-state index < -0.39 is 0 Å². The smallest absolute Gasteiger partial charge is 0.238 e. The standard InChI is InChI=1S/C19H18ClN3O3/c1-2-23(10-13-3-6-17-18(7-13)26-12-25-17)11-19(24)22-15-5-4-14(9-21)16(20)8-15/h3-8H,2,10-12H2,1H3,(H,22,24). The van der Waals surface area contributed by atoms with Gasteiger partial charge >= 0.3 is 0 Å². The van der Waals surface area contributed by atoms with Gasteiger partial charge in [-0.1, -0.05) is 24.6 Å². The molecule has 0 saturated heterocycles. The molecule has 1 N–H and O–H groups in total. The first-order valence-corrected chi connectivity index (χ1v) is 8.57. The van der Waals surface area contributed by atoms with Crippen LogP contribution < -0.4 is 14.8 Å². The first-order chi connectivity index (χ1) is 12.6. The number of halogens is 1. The van der Waals surface area contributed by atoms with Crippen molar-refractivity contribution in [2.45, 2.75) is 13.5 Å². The average Bonchev–Trinajstić information content (AvgIpc) is 3.09. The van der Waals surface area contributed by atoms with E-state index in [1.165, 1.54) is 0 Å². The fourth-order valence-corrected chi connectivity index (χ4v) is 2.89. The van der Waals surface area contributed by atoms with E-state index in [9.17, 15) is 4.79 Å². The highest BCUT2D eigenvalue weighted by molar-refractivity contribution is 6.32. The molecule has 3 rings (SSSR count). The summed E-state index contributed by atoms with van der Waals surface area (Å²) in [5.74, 6) is 1.33. The number of hydrogen-bond acceptors (Lipinski definition) is 5. The fraction of sp³-hybridized carbons (Fsp3) is 0.263. The number of hydrogen-bond donors (Lipinski definition) is 1. The Kier molecular flexibility index (Phi) is 5.61. The molecular weight excluding hydrogens is 354 g/mol. The summed E-state index contributed by atoms with van der Waals surface area (Å²) in [4.78, 5) is 14.3. The van der Waals surface area contributed by atoms with E-state index in [1.807, 2.05) is 36.1 Å². The van der Waals surface area contributed by atoms with E-state index in [0.29, 0.717) is 22.8 Å². The molecule has 6 nitrogen and oxygen atoms in total. The molecule has 0 atom stereocenters. The highest BCUT2D eigenvalue weighted by Gasteiger charge is 2.15. The normalized spacial score (nSPS) is 12.1. The van der Waals surface area contributed by atoms with Crippen LogP contribution in [0.4, 0.5) is 5.69 Å². The van der Waals surface area contributed by atoms with Gasteiger partial charge in [0.05, 0.1) is 17.1 Å². The van der Waals surface area contributed by atoms with Gasteiger partial charge in [0.15, 0.2) is 11.5 Å². The van der Waals surface area contributed by atoms with E-state index in [4.69, 9.17) is 26.3 Å². The van der Waals surface area contributed by atoms with Crippen molar-refractivity contribution in [3.63, 3.8) is 0 Å². The van der Waals surface area contributed by atoms with Crippen LogP contribution in [-0.4, -0.2) is 30.7 Å². The maximum atomic E-state index is 12.3. The Hall–Kier alpha value is -2.75. The number of nitrogens with zero attached hydrogens (tertiary/aromatic N) is 2. The highest BCUT2D eigenvalue weighted by Crippen LogP contribution is 2.32. The van der Waals surface area contributed by atoms with Gasteiger partial charge < -0.3 is 14.8 Å². The van der Waals surface area contributed by atoms with Crippen molar-refractivity contribution < 1.29 is 14.3 Å². The van der Waals surface area contributed by atoms with Gasteiger partial charge in [0.2, 0.25) is 12.7 Å². The second-order valence-corrected chi connectivity index (χ2v) is 6.25. The zero-order valence-corrected chi connectivity index (χ0v) is 15.0. The third kappa shape index (κ3) is 4.26. The lowest BCUT2D eigenvalue weighted by Gasteiger charge is -2.20. The van der Waals surface area contributed by atoms with Gasteiger partial charge in [0.25, 0.3) is 0 Å². The van der Waals surface area contributed by atoms with Crippen molar-refractivity contribution >= 4 is 23.2 Å². The van der Waals surface area contributed by atoms with Crippen molar-refractivity contribution in [3.05, 3.63) is 52.5 Å². The first-order valence-electron chi connectivity index (χ1n) is 8.19. The van der Waals surface area contributed by atoms with Crippen LogP contribution in [0, 0.1) is 11.3 Å². The molecule has 1 aliphatic heterocycles. The van der Waals surface area contributed by atoms with Crippen LogP contribution in [0.5, 0.6) is 11.5 Å². The lowest BCUT2D eigenvalue weighted by atomic mass is 10.2. The Labute approximate surface area is 156 Å². The number of amides is 1. The number of ether oxygens (including phenoxy) is 2. The molecule has 1 heterocycles. The Morgan fingerprint density at radius 2 is 2.08 bits per heavy atom. The van der Waals surface area contributed by atoms with Gasteiger partial charge in [-0.05, 0) is 42.4 Å². The number of benzene rings is 2. The predicted octanol–water partition coefficient (Wildman–Crippen LogP) is 3.40. The fourth-order valence-electron chi connectivity index (χ4n) is 2.66. The molecule has 2 aromatic carbocycles. The highest BCUT2D eigenvalue weighted by atomic mass is 35.5. The quantitative estimate of drug-likeness (QED) is 0.842. The minimum atomic E-state index is -0.145. The maximum Gasteiger partial charge on any atom is 0.238 e. The SMILES string of the molecule is CCN(CC(=O)Nc1ccc(C#N)c(Cl)c1)Cc1ccc2c(c1)OCO2. The van der Waals surface area contributed by atoms with E-state index in [-0.39, 0.29) is 19.2 Å². The van der Waals surface area contributed by atoms with Gasteiger partial charge in [-0.2, -0.15) is 5.26 Å². The van der Waals surface area contributed by atoms with Gasteiger partial charge in [0, 0.05) is 12.2 Å². The van der Waals surface area contributed by atoms with Crippen LogP contribution in [-0.2, 0) is 11.3 Å². The Morgan fingerprint density at radius 1 is 1.27 bits per heavy atom. The van der Waals surface area contributed by atoms with Crippen molar-refractivity contribution in [3.8, 4) is 17.6 Å². The Balaban J connectivity index is 1.60. The second kappa shape index (κ2) is 8.09. The summed E-state index contributed by atoms with van der Waals surface area (Å²) >= 11 is 5.99. The summed E-state index contributed by atoms with van der Waals surface area (Å²) in [6, 6.07) is 12.6. The third-order valence-electron chi connectivity index (χ3n) is 4.03. The lowest BCUT2D eigenvalue weighted by molar-refractivity contribution is -0.117. The van der Waals surface area contributed by atoms with Crippen LogP contribution >= 0.6 is 11.6 Å². The molecular formula is C19H18ClN3O3. The summed E-state index contributed by atoms with van der Waals surface area (Å²) in [5, 5.41) is 12.0. The minimum Gasteiger partial charge on any atom is -0.454 e. The number of nitriles is 1. The number of rotatable bonds is 6. The molecule has 1 amide bonds. The molecule has 0 fully saturated rings. The number of carbonyl (C=O) groups excluding carboxylic acids is 1. The summed E-state index contributed by atoms with van der Waals surface area (Å²) in [6.07, 6.45) is 0. The molecule has 134 valence electrons. The van der Waals surface area contributed by atoms with Crippen molar-refractivity contribution in [1.82, 2.24) is 4.90 Å². The van der Waals surface area contributed by atoms with Crippen LogP contribution in [0.1, 0.15) is 18.1 Å². The predicted molar refractivity (Wildman–Crippen MR) is 98.3 cm³/mol. The lowest BCUT2D eigenvalue weighted by Crippen LogP contribution is -2.32. The van der Waals surface area contributed by atoms with Gasteiger partial charge in [-0.25, -0.2) is 0 Å². The van der Waals surface area contributed by atoms with Gasteiger partial charge in [0.1, 0.15) is 6.07 Å². The molecule has 7 heteroatoms. The van der Waals surface area contributed by atoms with Crippen LogP contribution in [0.3, 0.4) is 0 Å². The van der Waals surface area contributed by atoms with Gasteiger partial charge in [-0.15, -0.1) is 0 Å². The molecule has 26 heavy (non-hydrogen) atoms. The van der Waals surface area contributed by atoms with E-state index in [0.717, 1.165) is 23.6 Å². The molecule has 2 aromatic rings. The number of nitrogens with one attached hydrogen (secondary N) is 1. The molecule has 0 aliphatic carbocycles. The topological polar surface area (TPSA) is 74.6 Å². The zero-order valence-electron chi connectivity index (χ0n) is 14.3. The first kappa shape index (κ1) is 18.1. The van der Waals surface area contributed by atoms with Crippen molar-refractivity contribution in [2.24, 2.45) is 0 Å². The largest absolute Gasteiger partial charge is 0.454 e. The minimum absolute atomic E-state index is 0.145. The average molecular weight is 372 g/mol. The maximum absolute atomic E-state index is 12.3. The summed E-state index contributed by atoms with van der Waals surface area (Å²) < 4.78 is 10.7. The van der Waals surface area contributed by atoms with Crippen LogP contribution in [0.25, 0.3) is 0 Å². The zero-order chi connectivity index (χ0) is 18.5. The van der Waals surface area contributed by atoms with Crippen LogP contribution in [0.2, 0.25) is 5.02 Å². The molecule has 1 aliphatic rings. The van der Waals surface area contributed by atoms with Crippen molar-refractivity contribution in [2.75, 3.05) is 25.2 Å². The van der Waals surface area contributed by atoms with Crippen LogP contribution in [0.15, 0.2) is 36.4 Å². The monoisotopic (exact) mass is 371 g/mol. The molecule has 0 saturated carbocycles. The number of carbonyl (C=O) groups is 1. The Bertz CT molecular complexity index is 864. The molecule has 0 unspecified atom stereocenters. The van der Waals surface area contributed by atoms with Gasteiger partial charge in [-0.3, -0.25) is 9.69 Å². The molecule has 0 spiro atoms.